The van der Waals surface area contributed by atoms with Crippen molar-refractivity contribution in [3.63, 3.8) is 0 Å². The average Bonchev–Trinajstić information content (AvgIpc) is 3.35. The number of benzene rings is 3. The van der Waals surface area contributed by atoms with E-state index in [0.29, 0.717) is 17.4 Å². The standard InChI is InChI=1S/C23H15NO4/c25-23-19(12-15-6-11-20-21(13-15)27-14-26-20)24-22(28-23)18-9-7-17(8-10-18)16-4-2-1-3-5-16/h1-13H,14H2. The highest BCUT2D eigenvalue weighted by Crippen LogP contribution is 2.33. The molecule has 2 aliphatic rings. The van der Waals surface area contributed by atoms with Crippen LogP contribution in [0.25, 0.3) is 17.2 Å². The van der Waals surface area contributed by atoms with Gasteiger partial charge in [0.1, 0.15) is 0 Å². The van der Waals surface area contributed by atoms with E-state index >= 15 is 0 Å². The summed E-state index contributed by atoms with van der Waals surface area (Å²) in [4.78, 5) is 16.6. The summed E-state index contributed by atoms with van der Waals surface area (Å²) in [5.41, 5.74) is 4.01. The molecule has 28 heavy (non-hydrogen) atoms. The van der Waals surface area contributed by atoms with Crippen LogP contribution < -0.4 is 9.47 Å². The molecule has 0 saturated carbocycles. The van der Waals surface area contributed by atoms with Crippen LogP contribution in [0.4, 0.5) is 0 Å². The molecule has 3 aromatic carbocycles. The molecule has 0 spiro atoms. The van der Waals surface area contributed by atoms with E-state index in [1.54, 1.807) is 6.08 Å². The normalized spacial score (nSPS) is 16.2. The second-order valence-electron chi connectivity index (χ2n) is 6.39. The van der Waals surface area contributed by atoms with E-state index in [0.717, 1.165) is 22.3 Å². The molecular weight excluding hydrogens is 354 g/mol. The second-order valence-corrected chi connectivity index (χ2v) is 6.39. The minimum Gasteiger partial charge on any atom is -0.454 e. The lowest BCUT2D eigenvalue weighted by Gasteiger charge is -2.03. The first-order chi connectivity index (χ1) is 13.8. The molecule has 0 unspecified atom stereocenters. The molecule has 5 rings (SSSR count). The van der Waals surface area contributed by atoms with Crippen molar-refractivity contribution in [2.45, 2.75) is 0 Å². The topological polar surface area (TPSA) is 57.1 Å². The monoisotopic (exact) mass is 369 g/mol. The average molecular weight is 369 g/mol. The quantitative estimate of drug-likeness (QED) is 0.506. The zero-order chi connectivity index (χ0) is 18.9. The highest BCUT2D eigenvalue weighted by Gasteiger charge is 2.24. The molecule has 0 atom stereocenters. The molecular formula is C23H15NO4. The molecule has 0 radical (unpaired) electrons. The van der Waals surface area contributed by atoms with Gasteiger partial charge in [0.2, 0.25) is 12.7 Å². The third-order valence-corrected chi connectivity index (χ3v) is 4.56. The number of aliphatic imine (C=N–C) groups is 1. The van der Waals surface area contributed by atoms with Gasteiger partial charge < -0.3 is 14.2 Å². The number of cyclic esters (lactones) is 1. The van der Waals surface area contributed by atoms with Crippen LogP contribution in [-0.4, -0.2) is 18.7 Å². The minimum absolute atomic E-state index is 0.207. The molecule has 5 heteroatoms. The van der Waals surface area contributed by atoms with Gasteiger partial charge in [-0.15, -0.1) is 0 Å². The van der Waals surface area contributed by atoms with Crippen LogP contribution in [0.2, 0.25) is 0 Å². The number of carbonyl (C=O) groups excluding carboxylic acids is 1. The zero-order valence-electron chi connectivity index (χ0n) is 14.8. The van der Waals surface area contributed by atoms with E-state index in [2.05, 4.69) is 4.99 Å². The first-order valence-corrected chi connectivity index (χ1v) is 8.84. The Hall–Kier alpha value is -3.86. The van der Waals surface area contributed by atoms with E-state index in [4.69, 9.17) is 14.2 Å². The van der Waals surface area contributed by atoms with E-state index in [-0.39, 0.29) is 12.5 Å². The van der Waals surface area contributed by atoms with Crippen molar-refractivity contribution >= 4 is 17.9 Å². The zero-order valence-corrected chi connectivity index (χ0v) is 14.8. The van der Waals surface area contributed by atoms with Crippen LogP contribution in [-0.2, 0) is 9.53 Å². The lowest BCUT2D eigenvalue weighted by Crippen LogP contribution is -2.05. The summed E-state index contributed by atoms with van der Waals surface area (Å²) < 4.78 is 16.0. The molecule has 0 saturated heterocycles. The van der Waals surface area contributed by atoms with Gasteiger partial charge in [-0.1, -0.05) is 48.5 Å². The van der Waals surface area contributed by atoms with Crippen molar-refractivity contribution < 1.29 is 19.0 Å². The van der Waals surface area contributed by atoms with Gasteiger partial charge >= 0.3 is 5.97 Å². The van der Waals surface area contributed by atoms with Gasteiger partial charge in [0, 0.05) is 5.56 Å². The van der Waals surface area contributed by atoms with Gasteiger partial charge in [-0.25, -0.2) is 9.79 Å². The van der Waals surface area contributed by atoms with Crippen molar-refractivity contribution in [3.05, 3.63) is 89.6 Å². The summed E-state index contributed by atoms with van der Waals surface area (Å²) in [7, 11) is 0. The number of fused-ring (bicyclic) bond motifs is 1. The summed E-state index contributed by atoms with van der Waals surface area (Å²) in [5.74, 6) is 1.18. The number of carbonyl (C=O) groups is 1. The smallest absolute Gasteiger partial charge is 0.363 e. The van der Waals surface area contributed by atoms with Crippen LogP contribution in [0.1, 0.15) is 11.1 Å². The molecule has 0 bridgehead atoms. The van der Waals surface area contributed by atoms with Gasteiger partial charge in [-0.2, -0.15) is 0 Å². The highest BCUT2D eigenvalue weighted by atomic mass is 16.7. The highest BCUT2D eigenvalue weighted by molar-refractivity contribution is 6.13. The molecule has 0 aromatic heterocycles. The Morgan fingerprint density at radius 2 is 1.50 bits per heavy atom. The molecule has 0 aliphatic carbocycles. The van der Waals surface area contributed by atoms with E-state index in [9.17, 15) is 4.79 Å². The summed E-state index contributed by atoms with van der Waals surface area (Å²) in [6, 6.07) is 23.3. The van der Waals surface area contributed by atoms with Crippen molar-refractivity contribution in [2.24, 2.45) is 4.99 Å². The molecule has 3 aromatic rings. The lowest BCUT2D eigenvalue weighted by molar-refractivity contribution is -0.129. The third kappa shape index (κ3) is 3.03. The number of nitrogens with zero attached hydrogens (tertiary/aromatic N) is 1. The fourth-order valence-corrected chi connectivity index (χ4v) is 3.13. The summed E-state index contributed by atoms with van der Waals surface area (Å²) in [5, 5.41) is 0. The van der Waals surface area contributed by atoms with E-state index < -0.39 is 5.97 Å². The molecule has 0 fully saturated rings. The van der Waals surface area contributed by atoms with Crippen molar-refractivity contribution in [2.75, 3.05) is 6.79 Å². The lowest BCUT2D eigenvalue weighted by atomic mass is 10.0. The Labute approximate surface area is 161 Å². The third-order valence-electron chi connectivity index (χ3n) is 4.56. The second kappa shape index (κ2) is 6.70. The number of hydrogen-bond donors (Lipinski definition) is 0. The number of rotatable bonds is 3. The predicted octanol–water partition coefficient (Wildman–Crippen LogP) is 4.43. The van der Waals surface area contributed by atoms with Crippen molar-refractivity contribution in [1.29, 1.82) is 0 Å². The predicted molar refractivity (Wildman–Crippen MR) is 105 cm³/mol. The van der Waals surface area contributed by atoms with Crippen LogP contribution in [0, 0.1) is 0 Å². The first-order valence-electron chi connectivity index (χ1n) is 8.84. The van der Waals surface area contributed by atoms with E-state index in [1.807, 2.05) is 72.8 Å². The van der Waals surface area contributed by atoms with Crippen LogP contribution in [0.15, 0.2) is 83.5 Å². The van der Waals surface area contributed by atoms with Gasteiger partial charge in [0.05, 0.1) is 0 Å². The molecule has 2 aliphatic heterocycles. The van der Waals surface area contributed by atoms with Crippen LogP contribution >= 0.6 is 0 Å². The Morgan fingerprint density at radius 1 is 0.786 bits per heavy atom. The maximum Gasteiger partial charge on any atom is 0.363 e. The number of hydrogen-bond acceptors (Lipinski definition) is 5. The van der Waals surface area contributed by atoms with Crippen LogP contribution in [0.3, 0.4) is 0 Å². The summed E-state index contributed by atoms with van der Waals surface area (Å²) in [6.07, 6.45) is 1.68. The van der Waals surface area contributed by atoms with Gasteiger partial charge in [0.15, 0.2) is 17.2 Å². The molecule has 0 N–H and O–H groups in total. The van der Waals surface area contributed by atoms with Gasteiger partial charge in [0.25, 0.3) is 0 Å². The van der Waals surface area contributed by atoms with Gasteiger partial charge in [-0.3, -0.25) is 0 Å². The Balaban J connectivity index is 1.41. The fraction of sp³-hybridized carbons (Fsp3) is 0.0435. The first kappa shape index (κ1) is 16.3. The number of esters is 1. The molecule has 2 heterocycles. The molecule has 0 amide bonds. The Bertz CT molecular complexity index is 1120. The Morgan fingerprint density at radius 3 is 2.32 bits per heavy atom. The maximum atomic E-state index is 12.2. The maximum absolute atomic E-state index is 12.2. The van der Waals surface area contributed by atoms with Crippen molar-refractivity contribution in [3.8, 4) is 22.6 Å². The largest absolute Gasteiger partial charge is 0.454 e. The summed E-state index contributed by atoms with van der Waals surface area (Å²) >= 11 is 0. The van der Waals surface area contributed by atoms with E-state index in [1.165, 1.54) is 0 Å². The fourth-order valence-electron chi connectivity index (χ4n) is 3.13. The summed E-state index contributed by atoms with van der Waals surface area (Å²) in [6.45, 7) is 0.207. The van der Waals surface area contributed by atoms with Gasteiger partial charge in [-0.05, 0) is 47.0 Å². The van der Waals surface area contributed by atoms with Crippen molar-refractivity contribution in [1.82, 2.24) is 0 Å². The molecule has 5 nitrogen and oxygen atoms in total. The molecule has 136 valence electrons. The SMILES string of the molecule is O=C1OC(c2ccc(-c3ccccc3)cc2)=NC1=Cc1ccc2c(c1)OCO2. The Kier molecular flexibility index (Phi) is 3.91. The minimum atomic E-state index is -0.472. The number of ether oxygens (including phenoxy) is 3. The van der Waals surface area contributed by atoms with Crippen LogP contribution in [0.5, 0.6) is 11.5 Å².